The maximum absolute atomic E-state index is 6.09. The van der Waals surface area contributed by atoms with Crippen LogP contribution in [0.3, 0.4) is 0 Å². The molecule has 0 saturated carbocycles. The van der Waals surface area contributed by atoms with Crippen molar-refractivity contribution in [1.82, 2.24) is 4.90 Å². The summed E-state index contributed by atoms with van der Waals surface area (Å²) in [7, 11) is 2.06. The summed E-state index contributed by atoms with van der Waals surface area (Å²) in [6, 6.07) is 7.74. The summed E-state index contributed by atoms with van der Waals surface area (Å²) in [5.41, 5.74) is 2.17. The fourth-order valence-corrected chi connectivity index (χ4v) is 2.53. The lowest BCUT2D eigenvalue weighted by Crippen LogP contribution is -2.32. The molecule has 0 amide bonds. The fourth-order valence-electron chi connectivity index (χ4n) is 2.41. The van der Waals surface area contributed by atoms with Gasteiger partial charge in [-0.1, -0.05) is 11.6 Å². The summed E-state index contributed by atoms with van der Waals surface area (Å²) in [5, 5.41) is 0.761. The van der Waals surface area contributed by atoms with E-state index in [1.54, 1.807) is 6.26 Å². The Bertz CT molecular complexity index is 597. The van der Waals surface area contributed by atoms with Gasteiger partial charge in [0.05, 0.1) is 12.8 Å². The van der Waals surface area contributed by atoms with Crippen LogP contribution in [-0.4, -0.2) is 18.5 Å². The highest BCUT2D eigenvalue weighted by atomic mass is 35.5. The Morgan fingerprint density at radius 3 is 2.90 bits per heavy atom. The van der Waals surface area contributed by atoms with Gasteiger partial charge in [0.25, 0.3) is 0 Å². The predicted octanol–water partition coefficient (Wildman–Crippen LogP) is 4.23. The molecule has 1 aliphatic heterocycles. The molecule has 0 bridgehead atoms. The number of fused-ring (bicyclic) bond motifs is 1. The van der Waals surface area contributed by atoms with E-state index in [2.05, 4.69) is 11.9 Å². The smallest absolute Gasteiger partial charge is 0.140 e. The number of hydrogen-bond donors (Lipinski definition) is 0. The molecule has 5 heteroatoms. The minimum atomic E-state index is 0. The minimum absolute atomic E-state index is 0. The molecule has 0 radical (unpaired) electrons. The number of nitrogens with zero attached hydrogens (tertiary/aromatic N) is 1. The van der Waals surface area contributed by atoms with Crippen LogP contribution in [0.4, 0.5) is 0 Å². The third kappa shape index (κ3) is 2.95. The Labute approximate surface area is 129 Å². The van der Waals surface area contributed by atoms with Gasteiger partial charge in [-0.05, 0) is 43.8 Å². The zero-order valence-corrected chi connectivity index (χ0v) is 13.0. The van der Waals surface area contributed by atoms with Gasteiger partial charge in [-0.25, -0.2) is 0 Å². The second kappa shape index (κ2) is 6.08. The van der Waals surface area contributed by atoms with Gasteiger partial charge in [-0.3, -0.25) is 4.90 Å². The average Bonchev–Trinajstić information content (AvgIpc) is 2.82. The van der Waals surface area contributed by atoms with E-state index in [-0.39, 0.29) is 18.5 Å². The first-order valence-corrected chi connectivity index (χ1v) is 6.69. The maximum atomic E-state index is 6.09. The van der Waals surface area contributed by atoms with Gasteiger partial charge in [-0.2, -0.15) is 0 Å². The molecular weight excluding hydrogens is 297 g/mol. The summed E-state index contributed by atoms with van der Waals surface area (Å²) in [4.78, 5) is 2.19. The van der Waals surface area contributed by atoms with E-state index in [4.69, 9.17) is 20.8 Å². The van der Waals surface area contributed by atoms with Gasteiger partial charge in [0.1, 0.15) is 17.6 Å². The number of rotatable bonds is 2. The Kier molecular flexibility index (Phi) is 4.63. The van der Waals surface area contributed by atoms with Crippen LogP contribution in [0.5, 0.6) is 5.75 Å². The number of hydrogen-bond acceptors (Lipinski definition) is 3. The van der Waals surface area contributed by atoms with Gasteiger partial charge < -0.3 is 9.15 Å². The summed E-state index contributed by atoms with van der Waals surface area (Å²) in [5.74, 6) is 1.83. The Morgan fingerprint density at radius 1 is 1.35 bits per heavy atom. The zero-order valence-electron chi connectivity index (χ0n) is 11.4. The Hall–Kier alpha value is -1.16. The molecule has 20 heavy (non-hydrogen) atoms. The number of aryl methyl sites for hydroxylation is 1. The van der Waals surface area contributed by atoms with Crippen LogP contribution in [0, 0.1) is 6.92 Å². The molecule has 0 aliphatic carbocycles. The molecule has 0 saturated heterocycles. The van der Waals surface area contributed by atoms with Crippen molar-refractivity contribution >= 4 is 24.0 Å². The van der Waals surface area contributed by atoms with Crippen LogP contribution < -0.4 is 4.74 Å². The van der Waals surface area contributed by atoms with Crippen molar-refractivity contribution in [2.45, 2.75) is 19.6 Å². The van der Waals surface area contributed by atoms with Gasteiger partial charge in [0.2, 0.25) is 0 Å². The van der Waals surface area contributed by atoms with E-state index in [9.17, 15) is 0 Å². The largest absolute Gasteiger partial charge is 0.484 e. The van der Waals surface area contributed by atoms with Crippen LogP contribution in [0.1, 0.15) is 23.0 Å². The van der Waals surface area contributed by atoms with E-state index in [1.165, 1.54) is 0 Å². The highest BCUT2D eigenvalue weighted by molar-refractivity contribution is 6.31. The summed E-state index contributed by atoms with van der Waals surface area (Å²) < 4.78 is 11.6. The third-order valence-corrected chi connectivity index (χ3v) is 3.85. The number of ether oxygens (including phenoxy) is 1. The first-order chi connectivity index (χ1) is 9.13. The molecule has 3 nitrogen and oxygen atoms in total. The number of benzene rings is 1. The molecule has 0 spiro atoms. The zero-order chi connectivity index (χ0) is 13.4. The molecule has 1 aromatic carbocycles. The number of furan rings is 1. The summed E-state index contributed by atoms with van der Waals surface area (Å²) in [6.45, 7) is 3.67. The topological polar surface area (TPSA) is 25.6 Å². The van der Waals surface area contributed by atoms with Gasteiger partial charge in [0, 0.05) is 17.1 Å². The molecule has 2 heterocycles. The van der Waals surface area contributed by atoms with Crippen molar-refractivity contribution in [3.8, 4) is 5.75 Å². The van der Waals surface area contributed by atoms with Crippen molar-refractivity contribution in [2.75, 3.05) is 13.6 Å². The lowest BCUT2D eigenvalue weighted by Gasteiger charge is -2.29. The molecule has 1 unspecified atom stereocenters. The lowest BCUT2D eigenvalue weighted by molar-refractivity contribution is 0.120. The SMILES string of the molecule is Cc1cc(OC2CN(C)Cc3occc32)ccc1Cl.Cl. The van der Waals surface area contributed by atoms with Crippen LogP contribution in [0.25, 0.3) is 0 Å². The first-order valence-electron chi connectivity index (χ1n) is 6.31. The van der Waals surface area contributed by atoms with E-state index in [0.29, 0.717) is 0 Å². The summed E-state index contributed by atoms with van der Waals surface area (Å²) >= 11 is 6.03. The highest BCUT2D eigenvalue weighted by Crippen LogP contribution is 2.32. The molecule has 1 aliphatic rings. The van der Waals surface area contributed by atoms with Gasteiger partial charge in [-0.15, -0.1) is 12.4 Å². The molecule has 108 valence electrons. The van der Waals surface area contributed by atoms with Gasteiger partial charge in [0.15, 0.2) is 0 Å². The van der Waals surface area contributed by atoms with Crippen molar-refractivity contribution in [2.24, 2.45) is 0 Å². The van der Waals surface area contributed by atoms with Crippen molar-refractivity contribution < 1.29 is 9.15 Å². The second-order valence-electron chi connectivity index (χ2n) is 5.01. The number of halogens is 2. The molecule has 1 aromatic heterocycles. The van der Waals surface area contributed by atoms with Gasteiger partial charge >= 0.3 is 0 Å². The van der Waals surface area contributed by atoms with Crippen LogP contribution in [0.2, 0.25) is 5.02 Å². The molecule has 0 fully saturated rings. The van der Waals surface area contributed by atoms with E-state index in [0.717, 1.165) is 40.7 Å². The third-order valence-electron chi connectivity index (χ3n) is 3.43. The standard InChI is InChI=1S/C15H16ClNO2.ClH/c1-10-7-11(3-4-13(10)16)19-15-9-17(2)8-14-12(15)5-6-18-14;/h3-7,15H,8-9H2,1-2H3;1H. The molecule has 1 atom stereocenters. The predicted molar refractivity (Wildman–Crippen MR) is 81.8 cm³/mol. The quantitative estimate of drug-likeness (QED) is 0.829. The van der Waals surface area contributed by atoms with Crippen LogP contribution in [0.15, 0.2) is 34.9 Å². The maximum Gasteiger partial charge on any atom is 0.140 e. The fraction of sp³-hybridized carbons (Fsp3) is 0.333. The first kappa shape index (κ1) is 15.2. The van der Waals surface area contributed by atoms with Crippen molar-refractivity contribution in [3.63, 3.8) is 0 Å². The van der Waals surface area contributed by atoms with Crippen LogP contribution in [-0.2, 0) is 6.54 Å². The van der Waals surface area contributed by atoms with E-state index >= 15 is 0 Å². The van der Waals surface area contributed by atoms with E-state index in [1.807, 2.05) is 31.2 Å². The second-order valence-corrected chi connectivity index (χ2v) is 5.42. The molecule has 0 N–H and O–H groups in total. The average molecular weight is 314 g/mol. The molecule has 3 rings (SSSR count). The normalized spacial score (nSPS) is 18.2. The monoisotopic (exact) mass is 313 g/mol. The van der Waals surface area contributed by atoms with Crippen molar-refractivity contribution in [3.05, 3.63) is 52.4 Å². The van der Waals surface area contributed by atoms with Crippen LogP contribution >= 0.6 is 24.0 Å². The Morgan fingerprint density at radius 2 is 2.15 bits per heavy atom. The lowest BCUT2D eigenvalue weighted by atomic mass is 10.1. The van der Waals surface area contributed by atoms with Crippen molar-refractivity contribution in [1.29, 1.82) is 0 Å². The Balaban J connectivity index is 0.00000147. The highest BCUT2D eigenvalue weighted by Gasteiger charge is 2.27. The van der Waals surface area contributed by atoms with E-state index < -0.39 is 0 Å². The minimum Gasteiger partial charge on any atom is -0.484 e. The molecule has 2 aromatic rings. The number of likely N-dealkylation sites (N-methyl/N-ethyl adjacent to an activating group) is 1. The molecular formula is C15H17Cl2NO2. The summed E-state index contributed by atoms with van der Waals surface area (Å²) in [6.07, 6.45) is 1.74.